The van der Waals surface area contributed by atoms with E-state index < -0.39 is 9.05 Å². The van der Waals surface area contributed by atoms with E-state index in [4.69, 9.17) is 22.3 Å². The Morgan fingerprint density at radius 2 is 2.14 bits per heavy atom. The summed E-state index contributed by atoms with van der Waals surface area (Å²) in [7, 11) is 1.53. The molecule has 7 heteroatoms. The minimum absolute atomic E-state index is 0.0919. The lowest BCUT2D eigenvalue weighted by Crippen LogP contribution is -2.03. The topological polar surface area (TPSA) is 52.0 Å². The second kappa shape index (κ2) is 4.08. The summed E-state index contributed by atoms with van der Waals surface area (Å²) in [5.74, 6) is -0.292. The van der Waals surface area contributed by atoms with Gasteiger partial charge in [0, 0.05) is 22.3 Å². The molecule has 14 heavy (non-hydrogen) atoms. The van der Waals surface area contributed by atoms with Gasteiger partial charge in [-0.05, 0) is 13.8 Å². The van der Waals surface area contributed by atoms with E-state index in [0.717, 1.165) is 0 Å². The van der Waals surface area contributed by atoms with Crippen molar-refractivity contribution in [3.05, 3.63) is 16.9 Å². The van der Waals surface area contributed by atoms with Crippen LogP contribution in [0.15, 0.2) is 6.20 Å². The van der Waals surface area contributed by atoms with Crippen molar-refractivity contribution < 1.29 is 8.42 Å². The van der Waals surface area contributed by atoms with Gasteiger partial charge >= 0.3 is 0 Å². The van der Waals surface area contributed by atoms with Crippen molar-refractivity contribution in [2.75, 3.05) is 0 Å². The third kappa shape index (κ3) is 2.87. The fourth-order valence-corrected chi connectivity index (χ4v) is 2.39. The van der Waals surface area contributed by atoms with E-state index in [0.29, 0.717) is 10.7 Å². The van der Waals surface area contributed by atoms with Crippen LogP contribution in [0.4, 0.5) is 0 Å². The maximum absolute atomic E-state index is 10.8. The zero-order valence-electron chi connectivity index (χ0n) is 7.74. The second-order valence-corrected chi connectivity index (χ2v) is 6.32. The van der Waals surface area contributed by atoms with Crippen molar-refractivity contribution in [3.63, 3.8) is 0 Å². The summed E-state index contributed by atoms with van der Waals surface area (Å²) < 4.78 is 23.1. The largest absolute Gasteiger partial charge is 0.251 e. The molecular formula is C7H10Cl2N2O2S. The van der Waals surface area contributed by atoms with Crippen LogP contribution >= 0.6 is 22.3 Å². The lowest BCUT2D eigenvalue weighted by Gasteiger charge is -2.06. The summed E-state index contributed by atoms with van der Waals surface area (Å²) >= 11 is 5.90. The molecule has 0 radical (unpaired) electrons. The van der Waals surface area contributed by atoms with E-state index in [-0.39, 0.29) is 11.8 Å². The highest BCUT2D eigenvalue weighted by atomic mass is 35.7. The van der Waals surface area contributed by atoms with Gasteiger partial charge < -0.3 is 0 Å². The number of nitrogens with zero attached hydrogens (tertiary/aromatic N) is 2. The molecule has 1 aromatic rings. The van der Waals surface area contributed by atoms with E-state index in [1.165, 1.54) is 6.20 Å². The molecule has 0 atom stereocenters. The van der Waals surface area contributed by atoms with Gasteiger partial charge in [0.05, 0.1) is 11.9 Å². The Bertz CT molecular complexity index is 425. The molecule has 0 N–H and O–H groups in total. The van der Waals surface area contributed by atoms with Crippen LogP contribution in [-0.2, 0) is 14.8 Å². The minimum Gasteiger partial charge on any atom is -0.251 e. The van der Waals surface area contributed by atoms with Crippen LogP contribution in [0.3, 0.4) is 0 Å². The highest BCUT2D eigenvalue weighted by molar-refractivity contribution is 8.13. The van der Waals surface area contributed by atoms with Gasteiger partial charge in [-0.3, -0.25) is 4.68 Å². The molecule has 0 aliphatic heterocycles. The average molecular weight is 257 g/mol. The molecule has 0 saturated carbocycles. The maximum atomic E-state index is 10.8. The summed E-state index contributed by atoms with van der Waals surface area (Å²) in [6, 6.07) is 0.0919. The Kier molecular flexibility index (Phi) is 3.44. The zero-order valence-corrected chi connectivity index (χ0v) is 10.1. The van der Waals surface area contributed by atoms with Crippen LogP contribution in [0.5, 0.6) is 0 Å². The summed E-state index contributed by atoms with van der Waals surface area (Å²) in [6.45, 7) is 3.80. The molecule has 1 heterocycles. The fraction of sp³-hybridized carbons (Fsp3) is 0.571. The Balaban J connectivity index is 3.02. The first-order chi connectivity index (χ1) is 6.31. The Labute approximate surface area is 92.2 Å². The first kappa shape index (κ1) is 11.8. The third-order valence-corrected chi connectivity index (χ3v) is 3.02. The van der Waals surface area contributed by atoms with Gasteiger partial charge in [-0.25, -0.2) is 8.42 Å². The molecule has 0 aliphatic carbocycles. The molecule has 0 spiro atoms. The van der Waals surface area contributed by atoms with E-state index in [2.05, 4.69) is 5.10 Å². The van der Waals surface area contributed by atoms with Crippen molar-refractivity contribution in [3.8, 4) is 0 Å². The third-order valence-electron chi connectivity index (χ3n) is 1.62. The first-order valence-corrected chi connectivity index (χ1v) is 6.81. The van der Waals surface area contributed by atoms with Crippen molar-refractivity contribution >= 4 is 31.3 Å². The minimum atomic E-state index is -3.58. The standard InChI is InChI=1S/C7H10Cl2N2O2S/c1-5(2)11-7(8)6(3-10-11)4-14(9,12)13/h3,5H,4H2,1-2H3. The van der Waals surface area contributed by atoms with Crippen molar-refractivity contribution in [2.24, 2.45) is 0 Å². The summed E-state index contributed by atoms with van der Waals surface area (Å²) in [4.78, 5) is 0. The molecule has 1 aromatic heterocycles. The lowest BCUT2D eigenvalue weighted by molar-refractivity contribution is 0.533. The Hall–Kier alpha value is -0.260. The average Bonchev–Trinajstić information content (AvgIpc) is 2.29. The normalized spacial score (nSPS) is 12.4. The molecule has 0 bridgehead atoms. The lowest BCUT2D eigenvalue weighted by atomic mass is 10.4. The van der Waals surface area contributed by atoms with Crippen molar-refractivity contribution in [2.45, 2.75) is 25.6 Å². The van der Waals surface area contributed by atoms with Gasteiger partial charge in [-0.2, -0.15) is 5.10 Å². The van der Waals surface area contributed by atoms with Crippen LogP contribution in [0.1, 0.15) is 25.5 Å². The Morgan fingerprint density at radius 1 is 1.57 bits per heavy atom. The fourth-order valence-electron chi connectivity index (χ4n) is 1.03. The van der Waals surface area contributed by atoms with Gasteiger partial charge in [0.15, 0.2) is 0 Å². The molecular weight excluding hydrogens is 247 g/mol. The van der Waals surface area contributed by atoms with Gasteiger partial charge in [0.1, 0.15) is 5.15 Å². The van der Waals surface area contributed by atoms with Crippen LogP contribution in [0.25, 0.3) is 0 Å². The number of hydrogen-bond acceptors (Lipinski definition) is 3. The molecule has 0 aromatic carbocycles. The molecule has 0 aliphatic rings. The van der Waals surface area contributed by atoms with Gasteiger partial charge in [0.25, 0.3) is 0 Å². The van der Waals surface area contributed by atoms with Crippen LogP contribution in [0, 0.1) is 0 Å². The molecule has 0 saturated heterocycles. The van der Waals surface area contributed by atoms with Gasteiger partial charge in [0.2, 0.25) is 9.05 Å². The summed E-state index contributed by atoms with van der Waals surface area (Å²) in [6.07, 6.45) is 1.42. The molecule has 0 unspecified atom stereocenters. The highest BCUT2D eigenvalue weighted by Crippen LogP contribution is 2.22. The monoisotopic (exact) mass is 256 g/mol. The Morgan fingerprint density at radius 3 is 2.50 bits per heavy atom. The predicted octanol–water partition coefficient (Wildman–Crippen LogP) is 2.19. The molecule has 80 valence electrons. The van der Waals surface area contributed by atoms with Crippen molar-refractivity contribution in [1.82, 2.24) is 9.78 Å². The van der Waals surface area contributed by atoms with Crippen LogP contribution in [-0.4, -0.2) is 18.2 Å². The first-order valence-electron chi connectivity index (χ1n) is 3.95. The van der Waals surface area contributed by atoms with E-state index in [1.807, 2.05) is 13.8 Å². The highest BCUT2D eigenvalue weighted by Gasteiger charge is 2.15. The SMILES string of the molecule is CC(C)n1ncc(CS(=O)(=O)Cl)c1Cl. The van der Waals surface area contributed by atoms with E-state index in [9.17, 15) is 8.42 Å². The van der Waals surface area contributed by atoms with E-state index in [1.54, 1.807) is 4.68 Å². The number of halogens is 2. The summed E-state index contributed by atoms with van der Waals surface area (Å²) in [5, 5.41) is 4.28. The zero-order chi connectivity index (χ0) is 10.9. The number of hydrogen-bond donors (Lipinski definition) is 0. The predicted molar refractivity (Wildman–Crippen MR) is 56.1 cm³/mol. The molecule has 4 nitrogen and oxygen atoms in total. The molecule has 0 amide bonds. The maximum Gasteiger partial charge on any atom is 0.236 e. The van der Waals surface area contributed by atoms with Gasteiger partial charge in [-0.1, -0.05) is 11.6 Å². The van der Waals surface area contributed by atoms with Crippen LogP contribution in [0.2, 0.25) is 5.15 Å². The summed E-state index contributed by atoms with van der Waals surface area (Å²) in [5.41, 5.74) is 0.426. The number of rotatable bonds is 3. The smallest absolute Gasteiger partial charge is 0.236 e. The second-order valence-electron chi connectivity index (χ2n) is 3.18. The number of aromatic nitrogens is 2. The quantitative estimate of drug-likeness (QED) is 0.780. The molecule has 1 rings (SSSR count). The van der Waals surface area contributed by atoms with E-state index >= 15 is 0 Å². The van der Waals surface area contributed by atoms with Gasteiger partial charge in [-0.15, -0.1) is 0 Å². The molecule has 0 fully saturated rings. The van der Waals surface area contributed by atoms with Crippen molar-refractivity contribution in [1.29, 1.82) is 0 Å². The van der Waals surface area contributed by atoms with Crippen LogP contribution < -0.4 is 0 Å².